The lowest BCUT2D eigenvalue weighted by Crippen LogP contribution is -2.06. The van der Waals surface area contributed by atoms with Crippen molar-refractivity contribution in [2.75, 3.05) is 12.8 Å². The van der Waals surface area contributed by atoms with Gasteiger partial charge < -0.3 is 10.5 Å². The van der Waals surface area contributed by atoms with E-state index in [4.69, 9.17) is 10.5 Å². The van der Waals surface area contributed by atoms with Crippen LogP contribution in [0.3, 0.4) is 0 Å². The van der Waals surface area contributed by atoms with Gasteiger partial charge in [-0.25, -0.2) is 4.68 Å². The highest BCUT2D eigenvalue weighted by atomic mass is 16.5. The molecule has 0 unspecified atom stereocenters. The first-order valence-electron chi connectivity index (χ1n) is 5.49. The predicted octanol–water partition coefficient (Wildman–Crippen LogP) is 1.98. The second kappa shape index (κ2) is 4.45. The first-order chi connectivity index (χ1) is 8.15. The molecule has 17 heavy (non-hydrogen) atoms. The van der Waals surface area contributed by atoms with Crippen LogP contribution in [0.25, 0.3) is 5.69 Å². The number of nitrogen functional groups attached to an aromatic ring is 1. The van der Waals surface area contributed by atoms with E-state index >= 15 is 0 Å². The van der Waals surface area contributed by atoms with Gasteiger partial charge in [-0.3, -0.25) is 0 Å². The molecule has 0 radical (unpaired) electrons. The van der Waals surface area contributed by atoms with Gasteiger partial charge in [0.2, 0.25) is 0 Å². The van der Waals surface area contributed by atoms with E-state index in [2.05, 4.69) is 24.2 Å². The lowest BCUT2D eigenvalue weighted by atomic mass is 10.1. The minimum atomic E-state index is 0.245. The molecular weight excluding hydrogens is 216 g/mol. The molecule has 5 heteroatoms. The van der Waals surface area contributed by atoms with Gasteiger partial charge in [-0.2, -0.15) is 0 Å². The minimum absolute atomic E-state index is 0.245. The number of ether oxygens (including phenoxy) is 1. The Kier molecular flexibility index (Phi) is 2.99. The summed E-state index contributed by atoms with van der Waals surface area (Å²) in [6, 6.07) is 7.66. The molecule has 2 N–H and O–H groups in total. The second-order valence-electron chi connectivity index (χ2n) is 4.10. The molecule has 0 saturated carbocycles. The molecule has 1 aromatic carbocycles. The van der Waals surface area contributed by atoms with E-state index in [0.29, 0.717) is 5.82 Å². The van der Waals surface area contributed by atoms with E-state index in [9.17, 15) is 0 Å². The summed E-state index contributed by atoms with van der Waals surface area (Å²) in [6.07, 6.45) is 0. The Morgan fingerprint density at radius 3 is 2.65 bits per heavy atom. The number of benzene rings is 1. The Balaban J connectivity index is 2.60. The van der Waals surface area contributed by atoms with Crippen molar-refractivity contribution >= 4 is 5.82 Å². The monoisotopic (exact) mass is 232 g/mol. The molecule has 0 bridgehead atoms. The van der Waals surface area contributed by atoms with Crippen molar-refractivity contribution in [3.63, 3.8) is 0 Å². The maximum absolute atomic E-state index is 5.84. The first kappa shape index (κ1) is 11.4. The highest BCUT2D eigenvalue weighted by Crippen LogP contribution is 2.27. The molecule has 2 aromatic rings. The van der Waals surface area contributed by atoms with Crippen molar-refractivity contribution in [2.24, 2.45) is 0 Å². The lowest BCUT2D eigenvalue weighted by molar-refractivity contribution is 0.410. The number of nitrogens with two attached hydrogens (primary N) is 1. The Hall–Kier alpha value is -2.04. The number of rotatable bonds is 3. The summed E-state index contributed by atoms with van der Waals surface area (Å²) in [5.41, 5.74) is 7.58. The van der Waals surface area contributed by atoms with Gasteiger partial charge in [0.05, 0.1) is 12.8 Å². The van der Waals surface area contributed by atoms with Crippen LogP contribution in [0.2, 0.25) is 0 Å². The molecule has 0 spiro atoms. The molecular formula is C12H16N4O. The van der Waals surface area contributed by atoms with E-state index in [1.807, 2.05) is 24.3 Å². The van der Waals surface area contributed by atoms with Gasteiger partial charge in [0, 0.05) is 0 Å². The third-order valence-corrected chi connectivity index (χ3v) is 2.59. The molecule has 5 nitrogen and oxygen atoms in total. The first-order valence-corrected chi connectivity index (χ1v) is 5.49. The SMILES string of the molecule is COc1ccccc1-n1nnc(N)c1C(C)C. The average molecular weight is 232 g/mol. The zero-order chi connectivity index (χ0) is 12.4. The fourth-order valence-electron chi connectivity index (χ4n) is 1.82. The van der Waals surface area contributed by atoms with Crippen LogP contribution in [0.1, 0.15) is 25.5 Å². The number of hydrogen-bond donors (Lipinski definition) is 1. The largest absolute Gasteiger partial charge is 0.494 e. The topological polar surface area (TPSA) is 66.0 Å². The molecule has 0 fully saturated rings. The summed E-state index contributed by atoms with van der Waals surface area (Å²) in [4.78, 5) is 0. The maximum Gasteiger partial charge on any atom is 0.169 e. The molecule has 0 aliphatic heterocycles. The summed E-state index contributed by atoms with van der Waals surface area (Å²) in [7, 11) is 1.63. The molecule has 2 rings (SSSR count). The summed E-state index contributed by atoms with van der Waals surface area (Å²) in [6.45, 7) is 4.11. The van der Waals surface area contributed by atoms with E-state index in [0.717, 1.165) is 17.1 Å². The highest BCUT2D eigenvalue weighted by Gasteiger charge is 2.17. The molecule has 1 aromatic heterocycles. The molecule has 0 saturated heterocycles. The third-order valence-electron chi connectivity index (χ3n) is 2.59. The van der Waals surface area contributed by atoms with Crippen LogP contribution in [-0.4, -0.2) is 22.1 Å². The van der Waals surface area contributed by atoms with Crippen molar-refractivity contribution in [3.8, 4) is 11.4 Å². The van der Waals surface area contributed by atoms with Crippen molar-refractivity contribution in [2.45, 2.75) is 19.8 Å². The summed E-state index contributed by atoms with van der Waals surface area (Å²) >= 11 is 0. The Morgan fingerprint density at radius 2 is 2.00 bits per heavy atom. The minimum Gasteiger partial charge on any atom is -0.494 e. The van der Waals surface area contributed by atoms with E-state index < -0.39 is 0 Å². The molecule has 0 atom stereocenters. The normalized spacial score (nSPS) is 10.8. The third kappa shape index (κ3) is 1.95. The van der Waals surface area contributed by atoms with Crippen LogP contribution in [0.15, 0.2) is 24.3 Å². The van der Waals surface area contributed by atoms with E-state index in [1.165, 1.54) is 0 Å². The van der Waals surface area contributed by atoms with Crippen LogP contribution in [-0.2, 0) is 0 Å². The second-order valence-corrected chi connectivity index (χ2v) is 4.10. The van der Waals surface area contributed by atoms with Crippen LogP contribution in [0, 0.1) is 0 Å². The van der Waals surface area contributed by atoms with Crippen molar-refractivity contribution in [1.82, 2.24) is 15.0 Å². The molecule has 0 aliphatic rings. The smallest absolute Gasteiger partial charge is 0.169 e. The van der Waals surface area contributed by atoms with Crippen LogP contribution >= 0.6 is 0 Å². The molecule has 0 amide bonds. The van der Waals surface area contributed by atoms with Gasteiger partial charge >= 0.3 is 0 Å². The Morgan fingerprint density at radius 1 is 1.29 bits per heavy atom. The zero-order valence-electron chi connectivity index (χ0n) is 10.2. The van der Waals surface area contributed by atoms with Gasteiger partial charge in [-0.1, -0.05) is 31.2 Å². The number of anilines is 1. The highest BCUT2D eigenvalue weighted by molar-refractivity contribution is 5.50. The van der Waals surface area contributed by atoms with Gasteiger partial charge in [-0.05, 0) is 18.1 Å². The standard InChI is InChI=1S/C12H16N4O/c1-8(2)11-12(13)14-15-16(11)9-6-4-5-7-10(9)17-3/h4-8H,13H2,1-3H3. The number of para-hydroxylation sites is 2. The predicted molar refractivity (Wildman–Crippen MR) is 66.4 cm³/mol. The van der Waals surface area contributed by atoms with Gasteiger partial charge in [0.1, 0.15) is 11.4 Å². The summed E-state index contributed by atoms with van der Waals surface area (Å²) < 4.78 is 7.05. The van der Waals surface area contributed by atoms with Gasteiger partial charge in [0.15, 0.2) is 5.82 Å². The number of methoxy groups -OCH3 is 1. The van der Waals surface area contributed by atoms with Gasteiger partial charge in [0.25, 0.3) is 0 Å². The van der Waals surface area contributed by atoms with Crippen LogP contribution in [0.5, 0.6) is 5.75 Å². The molecule has 0 aliphatic carbocycles. The molecule has 90 valence electrons. The Labute approximate surface area is 100 Å². The van der Waals surface area contributed by atoms with Crippen LogP contribution in [0.4, 0.5) is 5.82 Å². The van der Waals surface area contributed by atoms with Crippen molar-refractivity contribution in [1.29, 1.82) is 0 Å². The number of nitrogens with zero attached hydrogens (tertiary/aromatic N) is 3. The molecule has 1 heterocycles. The maximum atomic E-state index is 5.84. The fraction of sp³-hybridized carbons (Fsp3) is 0.333. The Bertz CT molecular complexity index is 519. The van der Waals surface area contributed by atoms with Crippen LogP contribution < -0.4 is 10.5 Å². The average Bonchev–Trinajstić information content (AvgIpc) is 2.71. The van der Waals surface area contributed by atoms with E-state index in [1.54, 1.807) is 11.8 Å². The van der Waals surface area contributed by atoms with Crippen molar-refractivity contribution < 1.29 is 4.74 Å². The van der Waals surface area contributed by atoms with E-state index in [-0.39, 0.29) is 5.92 Å². The van der Waals surface area contributed by atoms with Crippen molar-refractivity contribution in [3.05, 3.63) is 30.0 Å². The fourth-order valence-corrected chi connectivity index (χ4v) is 1.82. The quantitative estimate of drug-likeness (QED) is 0.878. The summed E-state index contributed by atoms with van der Waals surface area (Å²) in [5, 5.41) is 8.00. The van der Waals surface area contributed by atoms with Gasteiger partial charge in [-0.15, -0.1) is 5.10 Å². The zero-order valence-corrected chi connectivity index (χ0v) is 10.2. The number of hydrogen-bond acceptors (Lipinski definition) is 4. The summed E-state index contributed by atoms with van der Waals surface area (Å²) in [5.74, 6) is 1.46. The lowest BCUT2D eigenvalue weighted by Gasteiger charge is -2.12. The number of aromatic nitrogens is 3.